The van der Waals surface area contributed by atoms with Crippen LogP contribution >= 0.6 is 24.8 Å². The van der Waals surface area contributed by atoms with E-state index in [1.54, 1.807) is 4.90 Å². The first kappa shape index (κ1) is 22.9. The van der Waals surface area contributed by atoms with Gasteiger partial charge in [-0.1, -0.05) is 6.07 Å². The third kappa shape index (κ3) is 4.76. The first-order chi connectivity index (χ1) is 11.5. The number of carbonyl (C=O) groups excluding carboxylic acids is 1. The van der Waals surface area contributed by atoms with Gasteiger partial charge in [0.1, 0.15) is 17.3 Å². The van der Waals surface area contributed by atoms with Crippen LogP contribution in [0.25, 0.3) is 0 Å². The van der Waals surface area contributed by atoms with Crippen molar-refractivity contribution in [2.24, 2.45) is 0 Å². The zero-order valence-electron chi connectivity index (χ0n) is 14.8. The first-order valence-corrected chi connectivity index (χ1v) is 8.44. The molecule has 1 spiro atoms. The number of hydrogen-bond donors (Lipinski definition) is 2. The summed E-state index contributed by atoms with van der Waals surface area (Å²) in [6.07, 6.45) is 2.77. The van der Waals surface area contributed by atoms with Gasteiger partial charge in [-0.2, -0.15) is 0 Å². The molecule has 2 saturated heterocycles. The zero-order chi connectivity index (χ0) is 17.2. The van der Waals surface area contributed by atoms with E-state index in [1.807, 2.05) is 0 Å². The zero-order valence-corrected chi connectivity index (χ0v) is 16.4. The summed E-state index contributed by atoms with van der Waals surface area (Å²) in [5.41, 5.74) is -0.438. The number of carbonyl (C=O) groups is 1. The Bertz CT molecular complexity index is 594. The molecule has 2 N–H and O–H groups in total. The molecule has 148 valence electrons. The smallest absolute Gasteiger partial charge is 0.322 e. The van der Waals surface area contributed by atoms with Gasteiger partial charge in [-0.3, -0.25) is 4.90 Å². The van der Waals surface area contributed by atoms with E-state index in [1.165, 1.54) is 6.07 Å². The molecular weight excluding hydrogens is 385 g/mol. The molecule has 2 heterocycles. The van der Waals surface area contributed by atoms with Crippen LogP contribution in [0, 0.1) is 11.6 Å². The Kier molecular flexibility index (Phi) is 8.53. The standard InChI is InChI=1S/C17H24F2N4O.2ClH/c1-22-10-3-11-23(12-17(22)6-8-20-9-7-17)16(24)21-15-13(18)4-2-5-14(15)19;;/h2,4-5,20H,3,6-12H2,1H3,(H,21,24);2*1H. The van der Waals surface area contributed by atoms with Crippen LogP contribution in [0.3, 0.4) is 0 Å². The van der Waals surface area contributed by atoms with Gasteiger partial charge in [0.25, 0.3) is 0 Å². The Morgan fingerprint density at radius 1 is 1.15 bits per heavy atom. The molecule has 0 aliphatic carbocycles. The molecule has 2 amide bonds. The number of rotatable bonds is 1. The fraction of sp³-hybridized carbons (Fsp3) is 0.588. The average molecular weight is 411 g/mol. The summed E-state index contributed by atoms with van der Waals surface area (Å²) >= 11 is 0. The molecule has 2 fully saturated rings. The number of hydrogen-bond acceptors (Lipinski definition) is 3. The second-order valence-electron chi connectivity index (χ2n) is 6.70. The quantitative estimate of drug-likeness (QED) is 0.747. The Morgan fingerprint density at radius 2 is 1.77 bits per heavy atom. The van der Waals surface area contributed by atoms with E-state index < -0.39 is 17.7 Å². The number of anilines is 1. The molecule has 0 aromatic heterocycles. The Hall–Kier alpha value is -1.15. The molecule has 3 rings (SSSR count). The number of amides is 2. The fourth-order valence-electron chi connectivity index (χ4n) is 3.70. The molecule has 0 radical (unpaired) electrons. The lowest BCUT2D eigenvalue weighted by molar-refractivity contribution is 0.0744. The number of halogens is 4. The largest absolute Gasteiger partial charge is 0.323 e. The highest BCUT2D eigenvalue weighted by atomic mass is 35.5. The maximum atomic E-state index is 13.8. The maximum Gasteiger partial charge on any atom is 0.322 e. The second kappa shape index (κ2) is 9.69. The Morgan fingerprint density at radius 3 is 2.38 bits per heavy atom. The van der Waals surface area contributed by atoms with Gasteiger partial charge in [-0.15, -0.1) is 24.8 Å². The highest BCUT2D eigenvalue weighted by Gasteiger charge is 2.40. The molecule has 1 aromatic rings. The topological polar surface area (TPSA) is 47.6 Å². The van der Waals surface area contributed by atoms with Gasteiger partial charge in [0.15, 0.2) is 0 Å². The lowest BCUT2D eigenvalue weighted by Crippen LogP contribution is -2.58. The molecule has 1 aromatic carbocycles. The Balaban J connectivity index is 0.00000169. The van der Waals surface area contributed by atoms with E-state index in [4.69, 9.17) is 0 Å². The summed E-state index contributed by atoms with van der Waals surface area (Å²) in [6, 6.07) is 3.13. The maximum absolute atomic E-state index is 13.8. The van der Waals surface area contributed by atoms with E-state index in [0.717, 1.165) is 51.0 Å². The van der Waals surface area contributed by atoms with Crippen molar-refractivity contribution in [1.82, 2.24) is 15.1 Å². The number of urea groups is 1. The van der Waals surface area contributed by atoms with Crippen molar-refractivity contribution < 1.29 is 13.6 Å². The van der Waals surface area contributed by atoms with Gasteiger partial charge in [0, 0.05) is 25.2 Å². The summed E-state index contributed by atoms with van der Waals surface area (Å²) in [5.74, 6) is -1.52. The number of nitrogens with one attached hydrogen (secondary N) is 2. The van der Waals surface area contributed by atoms with E-state index >= 15 is 0 Å². The molecule has 0 bridgehead atoms. The molecule has 0 atom stereocenters. The predicted octanol–water partition coefficient (Wildman–Crippen LogP) is 3.10. The van der Waals surface area contributed by atoms with Crippen molar-refractivity contribution in [2.45, 2.75) is 24.8 Å². The van der Waals surface area contributed by atoms with Crippen LogP contribution in [-0.2, 0) is 0 Å². The minimum absolute atomic E-state index is 0. The van der Waals surface area contributed by atoms with Gasteiger partial charge in [-0.25, -0.2) is 13.6 Å². The van der Waals surface area contributed by atoms with Gasteiger partial charge in [-0.05, 0) is 51.5 Å². The summed E-state index contributed by atoms with van der Waals surface area (Å²) < 4.78 is 27.6. The molecule has 0 unspecified atom stereocenters. The van der Waals surface area contributed by atoms with Crippen LogP contribution in [0.2, 0.25) is 0 Å². The van der Waals surface area contributed by atoms with E-state index in [9.17, 15) is 13.6 Å². The van der Waals surface area contributed by atoms with Crippen molar-refractivity contribution in [3.63, 3.8) is 0 Å². The third-order valence-corrected chi connectivity index (χ3v) is 5.23. The molecule has 2 aliphatic rings. The van der Waals surface area contributed by atoms with Crippen molar-refractivity contribution in [2.75, 3.05) is 45.1 Å². The average Bonchev–Trinajstić information content (AvgIpc) is 2.72. The number of piperidine rings is 1. The molecule has 9 heteroatoms. The van der Waals surface area contributed by atoms with Crippen LogP contribution in [0.1, 0.15) is 19.3 Å². The monoisotopic (exact) mass is 410 g/mol. The Labute approximate surface area is 165 Å². The van der Waals surface area contributed by atoms with Gasteiger partial charge in [0.2, 0.25) is 0 Å². The summed E-state index contributed by atoms with van der Waals surface area (Å²) in [7, 11) is 2.10. The van der Waals surface area contributed by atoms with Crippen LogP contribution in [-0.4, -0.2) is 61.1 Å². The first-order valence-electron chi connectivity index (χ1n) is 8.44. The lowest BCUT2D eigenvalue weighted by atomic mass is 9.86. The van der Waals surface area contributed by atoms with Crippen LogP contribution < -0.4 is 10.6 Å². The van der Waals surface area contributed by atoms with E-state index in [-0.39, 0.29) is 36.0 Å². The number of benzene rings is 1. The number of nitrogens with zero attached hydrogens (tertiary/aromatic N) is 2. The molecule has 0 saturated carbocycles. The summed E-state index contributed by atoms with van der Waals surface area (Å²) in [6.45, 7) is 3.91. The van der Waals surface area contributed by atoms with E-state index in [0.29, 0.717) is 13.1 Å². The molecule has 2 aliphatic heterocycles. The normalized spacial score (nSPS) is 19.9. The highest BCUT2D eigenvalue weighted by Crippen LogP contribution is 2.29. The van der Waals surface area contributed by atoms with Gasteiger partial charge >= 0.3 is 6.03 Å². The minimum Gasteiger partial charge on any atom is -0.323 e. The van der Waals surface area contributed by atoms with Crippen LogP contribution in [0.15, 0.2) is 18.2 Å². The van der Waals surface area contributed by atoms with Crippen molar-refractivity contribution in [1.29, 1.82) is 0 Å². The molecular formula is C17H26Cl2F2N4O. The van der Waals surface area contributed by atoms with Crippen LogP contribution in [0.5, 0.6) is 0 Å². The second-order valence-corrected chi connectivity index (χ2v) is 6.70. The van der Waals surface area contributed by atoms with E-state index in [2.05, 4.69) is 22.6 Å². The third-order valence-electron chi connectivity index (χ3n) is 5.23. The van der Waals surface area contributed by atoms with Gasteiger partial charge < -0.3 is 15.5 Å². The van der Waals surface area contributed by atoms with Crippen molar-refractivity contribution in [3.05, 3.63) is 29.8 Å². The fourth-order valence-corrected chi connectivity index (χ4v) is 3.70. The van der Waals surface area contributed by atoms with Crippen LogP contribution in [0.4, 0.5) is 19.3 Å². The lowest BCUT2D eigenvalue weighted by Gasteiger charge is -2.45. The SMILES string of the molecule is CN1CCCN(C(=O)Nc2c(F)cccc2F)CC12CCNCC2.Cl.Cl. The molecule has 5 nitrogen and oxygen atoms in total. The number of likely N-dealkylation sites (N-methyl/N-ethyl adjacent to an activating group) is 1. The summed E-state index contributed by atoms with van der Waals surface area (Å²) in [5, 5.41) is 5.77. The predicted molar refractivity (Wildman–Crippen MR) is 104 cm³/mol. The van der Waals surface area contributed by atoms with Gasteiger partial charge in [0.05, 0.1) is 0 Å². The highest BCUT2D eigenvalue weighted by molar-refractivity contribution is 5.89. The summed E-state index contributed by atoms with van der Waals surface area (Å²) in [4.78, 5) is 16.6. The number of para-hydroxylation sites is 1. The van der Waals surface area contributed by atoms with Crippen molar-refractivity contribution >= 4 is 36.5 Å². The van der Waals surface area contributed by atoms with Crippen molar-refractivity contribution in [3.8, 4) is 0 Å². The minimum atomic E-state index is -0.758. The molecule has 26 heavy (non-hydrogen) atoms.